The maximum absolute atomic E-state index is 4.86. The molecule has 0 saturated carbocycles. The Hall–Kier alpha value is -3.67. The van der Waals surface area contributed by atoms with Gasteiger partial charge in [-0.3, -0.25) is 4.98 Å². The van der Waals surface area contributed by atoms with Crippen LogP contribution in [0, 0.1) is 0 Å². The van der Waals surface area contributed by atoms with E-state index in [4.69, 9.17) is 9.98 Å². The molecule has 0 saturated heterocycles. The Morgan fingerprint density at radius 2 is 1.61 bits per heavy atom. The minimum atomic E-state index is 0.566. The first kappa shape index (κ1) is 20.6. The van der Waals surface area contributed by atoms with E-state index in [0.717, 1.165) is 45.7 Å². The van der Waals surface area contributed by atoms with E-state index >= 15 is 0 Å². The van der Waals surface area contributed by atoms with Gasteiger partial charge in [-0.05, 0) is 42.3 Å². The van der Waals surface area contributed by atoms with Gasteiger partial charge in [-0.15, -0.1) is 0 Å². The van der Waals surface area contributed by atoms with Gasteiger partial charge in [0.05, 0.1) is 17.6 Å². The van der Waals surface area contributed by atoms with E-state index in [0.29, 0.717) is 13.1 Å². The topological polar surface area (TPSA) is 65.4 Å². The van der Waals surface area contributed by atoms with Crippen LogP contribution in [0.1, 0.15) is 18.1 Å². The van der Waals surface area contributed by atoms with Gasteiger partial charge in [-0.25, -0.2) is 9.98 Å². The molecule has 0 amide bonds. The summed E-state index contributed by atoms with van der Waals surface area (Å²) in [5.41, 5.74) is 4.34. The van der Waals surface area contributed by atoms with Crippen LogP contribution >= 0.6 is 0 Å². The molecule has 6 nitrogen and oxygen atoms in total. The van der Waals surface area contributed by atoms with Gasteiger partial charge in [0.2, 0.25) is 0 Å². The Bertz CT molecular complexity index is 1210. The van der Waals surface area contributed by atoms with Gasteiger partial charge in [0.1, 0.15) is 5.82 Å². The number of para-hydroxylation sites is 2. The summed E-state index contributed by atoms with van der Waals surface area (Å²) in [7, 11) is 4.02. The average Bonchev–Trinajstić information content (AvgIpc) is 2.80. The van der Waals surface area contributed by atoms with E-state index in [2.05, 4.69) is 46.8 Å². The molecule has 0 aliphatic rings. The molecule has 4 rings (SSSR count). The number of nitrogens with one attached hydrogen (secondary N) is 2. The van der Waals surface area contributed by atoms with Crippen molar-refractivity contribution < 1.29 is 0 Å². The normalized spacial score (nSPS) is 11.6. The van der Waals surface area contributed by atoms with Crippen LogP contribution in [0.4, 0.5) is 5.82 Å². The number of anilines is 1. The molecule has 2 aromatic carbocycles. The fourth-order valence-electron chi connectivity index (χ4n) is 3.59. The highest BCUT2D eigenvalue weighted by molar-refractivity contribution is 5.86. The summed E-state index contributed by atoms with van der Waals surface area (Å²) in [5, 5.41) is 9.11. The van der Waals surface area contributed by atoms with Crippen LogP contribution in [0.3, 0.4) is 0 Å². The predicted molar refractivity (Wildman–Crippen MR) is 129 cm³/mol. The van der Waals surface area contributed by atoms with Crippen molar-refractivity contribution in [2.45, 2.75) is 20.0 Å². The van der Waals surface area contributed by atoms with Gasteiger partial charge in [0.15, 0.2) is 5.96 Å². The van der Waals surface area contributed by atoms with Crippen molar-refractivity contribution in [1.82, 2.24) is 20.6 Å². The minimum Gasteiger partial charge on any atom is -0.363 e. The molecule has 2 heterocycles. The fourth-order valence-corrected chi connectivity index (χ4v) is 3.59. The molecule has 0 unspecified atom stereocenters. The molecule has 0 fully saturated rings. The van der Waals surface area contributed by atoms with Crippen molar-refractivity contribution in [2.24, 2.45) is 4.99 Å². The van der Waals surface area contributed by atoms with Crippen LogP contribution in [-0.4, -0.2) is 36.6 Å². The highest BCUT2D eigenvalue weighted by Gasteiger charge is 2.08. The van der Waals surface area contributed by atoms with Gasteiger partial charge in [0, 0.05) is 44.2 Å². The van der Waals surface area contributed by atoms with Crippen LogP contribution < -0.4 is 15.5 Å². The Balaban J connectivity index is 1.58. The van der Waals surface area contributed by atoms with E-state index in [9.17, 15) is 0 Å². The molecule has 0 aliphatic heterocycles. The van der Waals surface area contributed by atoms with Gasteiger partial charge < -0.3 is 15.5 Å². The molecule has 2 aromatic heterocycles. The number of fused-ring (bicyclic) bond motifs is 2. The Morgan fingerprint density at radius 1 is 0.903 bits per heavy atom. The molecule has 31 heavy (non-hydrogen) atoms. The zero-order valence-corrected chi connectivity index (χ0v) is 18.3. The number of guanidine groups is 1. The smallest absolute Gasteiger partial charge is 0.191 e. The second kappa shape index (κ2) is 9.43. The van der Waals surface area contributed by atoms with Crippen molar-refractivity contribution >= 4 is 33.6 Å². The van der Waals surface area contributed by atoms with Crippen LogP contribution in [0.2, 0.25) is 0 Å². The lowest BCUT2D eigenvalue weighted by atomic mass is 10.1. The van der Waals surface area contributed by atoms with Crippen molar-refractivity contribution in [1.29, 1.82) is 0 Å². The summed E-state index contributed by atoms with van der Waals surface area (Å²) in [6.45, 7) is 4.11. The van der Waals surface area contributed by atoms with Crippen molar-refractivity contribution in [2.75, 3.05) is 25.5 Å². The molecular formula is C25H28N6. The average molecular weight is 413 g/mol. The lowest BCUT2D eigenvalue weighted by Crippen LogP contribution is -2.36. The maximum Gasteiger partial charge on any atom is 0.191 e. The van der Waals surface area contributed by atoms with Gasteiger partial charge in [0.25, 0.3) is 0 Å². The molecule has 0 bridgehead atoms. The van der Waals surface area contributed by atoms with E-state index < -0.39 is 0 Å². The van der Waals surface area contributed by atoms with Crippen LogP contribution in [0.25, 0.3) is 21.8 Å². The number of pyridine rings is 2. The lowest BCUT2D eigenvalue weighted by molar-refractivity contribution is 0.819. The predicted octanol–water partition coefficient (Wildman–Crippen LogP) is 4.10. The molecule has 4 aromatic rings. The van der Waals surface area contributed by atoms with Gasteiger partial charge in [-0.2, -0.15) is 0 Å². The highest BCUT2D eigenvalue weighted by atomic mass is 15.2. The summed E-state index contributed by atoms with van der Waals surface area (Å²) < 4.78 is 0. The largest absolute Gasteiger partial charge is 0.363 e. The second-order valence-electron chi connectivity index (χ2n) is 7.59. The van der Waals surface area contributed by atoms with Gasteiger partial charge in [-0.1, -0.05) is 36.4 Å². The van der Waals surface area contributed by atoms with E-state index in [1.807, 2.05) is 61.6 Å². The number of aromatic nitrogens is 2. The summed E-state index contributed by atoms with van der Waals surface area (Å²) in [4.78, 5) is 16.1. The van der Waals surface area contributed by atoms with Crippen LogP contribution in [-0.2, 0) is 13.1 Å². The molecule has 2 N–H and O–H groups in total. The molecule has 158 valence electrons. The van der Waals surface area contributed by atoms with Crippen LogP contribution in [0.15, 0.2) is 71.9 Å². The Morgan fingerprint density at radius 3 is 2.35 bits per heavy atom. The first-order valence-electron chi connectivity index (χ1n) is 10.6. The molecular weight excluding hydrogens is 384 g/mol. The number of hydrogen-bond acceptors (Lipinski definition) is 4. The fraction of sp³-hybridized carbons (Fsp3) is 0.240. The number of benzene rings is 2. The number of nitrogens with zero attached hydrogens (tertiary/aromatic N) is 4. The lowest BCUT2D eigenvalue weighted by Gasteiger charge is -2.15. The number of aliphatic imine (C=N–C) groups is 1. The van der Waals surface area contributed by atoms with Crippen molar-refractivity contribution in [3.05, 3.63) is 78.0 Å². The first-order chi connectivity index (χ1) is 15.2. The quantitative estimate of drug-likeness (QED) is 0.369. The zero-order chi connectivity index (χ0) is 21.6. The maximum atomic E-state index is 4.86. The Kier molecular flexibility index (Phi) is 6.26. The molecule has 0 spiro atoms. The first-order valence-corrected chi connectivity index (χ1v) is 10.6. The SMILES string of the molecule is CCNC(=NCc1cc(N(C)C)nc2ccccc12)NCc1ccnc2ccccc12. The number of rotatable bonds is 6. The zero-order valence-electron chi connectivity index (χ0n) is 18.3. The highest BCUT2D eigenvalue weighted by Crippen LogP contribution is 2.23. The standard InChI is InChI=1S/C25H28N6/c1-4-26-25(28-16-18-13-14-27-22-11-7-5-9-20(18)22)29-17-19-15-24(31(2)3)30-23-12-8-6-10-21(19)23/h5-15H,4,16-17H2,1-3H3,(H2,26,28,29). The van der Waals surface area contributed by atoms with E-state index in [1.165, 1.54) is 5.56 Å². The summed E-state index contributed by atoms with van der Waals surface area (Å²) in [6, 6.07) is 20.6. The van der Waals surface area contributed by atoms with Gasteiger partial charge >= 0.3 is 0 Å². The van der Waals surface area contributed by atoms with E-state index in [-0.39, 0.29) is 0 Å². The second-order valence-corrected chi connectivity index (χ2v) is 7.59. The third-order valence-electron chi connectivity index (χ3n) is 5.18. The minimum absolute atomic E-state index is 0.566. The monoisotopic (exact) mass is 412 g/mol. The molecule has 0 atom stereocenters. The molecule has 0 aliphatic carbocycles. The molecule has 6 heteroatoms. The van der Waals surface area contributed by atoms with Crippen LogP contribution in [0.5, 0.6) is 0 Å². The van der Waals surface area contributed by atoms with Crippen molar-refractivity contribution in [3.8, 4) is 0 Å². The Labute approximate surface area is 183 Å². The summed E-state index contributed by atoms with van der Waals surface area (Å²) >= 11 is 0. The summed E-state index contributed by atoms with van der Waals surface area (Å²) in [6.07, 6.45) is 1.86. The summed E-state index contributed by atoms with van der Waals surface area (Å²) in [5.74, 6) is 1.72. The van der Waals surface area contributed by atoms with Crippen molar-refractivity contribution in [3.63, 3.8) is 0 Å². The third-order valence-corrected chi connectivity index (χ3v) is 5.18. The molecule has 0 radical (unpaired) electrons. The number of hydrogen-bond donors (Lipinski definition) is 2. The van der Waals surface area contributed by atoms with E-state index in [1.54, 1.807) is 0 Å². The third kappa shape index (κ3) is 4.74.